The molecule has 5 heteroatoms. The number of fused-ring (bicyclic) bond motifs is 1. The van der Waals surface area contributed by atoms with Gasteiger partial charge in [0, 0.05) is 12.3 Å². The van der Waals surface area contributed by atoms with Gasteiger partial charge in [-0.2, -0.15) is 0 Å². The highest BCUT2D eigenvalue weighted by Gasteiger charge is 1.91. The first-order valence-electron chi connectivity index (χ1n) is 2.75. The van der Waals surface area contributed by atoms with E-state index in [0.717, 1.165) is 0 Å². The van der Waals surface area contributed by atoms with E-state index >= 15 is 0 Å². The van der Waals surface area contributed by atoms with Crippen LogP contribution in [0.5, 0.6) is 0 Å². The summed E-state index contributed by atoms with van der Waals surface area (Å²) in [5.74, 6) is 0. The summed E-state index contributed by atoms with van der Waals surface area (Å²) in [6.45, 7) is 0. The lowest BCUT2D eigenvalue weighted by Gasteiger charge is -1.85. The van der Waals surface area contributed by atoms with E-state index in [1.807, 2.05) is 0 Å². The van der Waals surface area contributed by atoms with Gasteiger partial charge in [-0.3, -0.25) is 4.79 Å². The van der Waals surface area contributed by atoms with Crippen LogP contribution in [0.2, 0.25) is 0 Å². The van der Waals surface area contributed by atoms with Crippen LogP contribution in [-0.2, 0) is 0 Å². The number of nitrogens with zero attached hydrogens (tertiary/aromatic N) is 3. The second-order valence-electron chi connectivity index (χ2n) is 1.87. The largest absolute Gasteiger partial charge is 0.306 e. The second kappa shape index (κ2) is 1.66. The number of H-pyrrole nitrogens is 1. The molecule has 0 amide bonds. The van der Waals surface area contributed by atoms with Crippen molar-refractivity contribution in [3.63, 3.8) is 0 Å². The molecule has 2 rings (SSSR count). The first-order valence-corrected chi connectivity index (χ1v) is 2.75. The molecule has 50 valence electrons. The minimum absolute atomic E-state index is 0.144. The molecule has 0 aliphatic rings. The fourth-order valence-electron chi connectivity index (χ4n) is 0.749. The maximum atomic E-state index is 10.7. The summed E-state index contributed by atoms with van der Waals surface area (Å²) in [6.07, 6.45) is 3.04. The van der Waals surface area contributed by atoms with Gasteiger partial charge in [-0.15, -0.1) is 5.10 Å². The monoisotopic (exact) mass is 136 g/mol. The normalized spacial score (nSPS) is 10.4. The Labute approximate surface area is 55.3 Å². The van der Waals surface area contributed by atoms with Crippen LogP contribution in [0.4, 0.5) is 0 Å². The molecule has 0 aromatic carbocycles. The van der Waals surface area contributed by atoms with Crippen LogP contribution in [0.1, 0.15) is 0 Å². The van der Waals surface area contributed by atoms with Crippen LogP contribution in [0.3, 0.4) is 0 Å². The second-order valence-corrected chi connectivity index (χ2v) is 1.87. The number of nitrogens with one attached hydrogen (secondary N) is 1. The molecule has 2 aromatic rings. The Morgan fingerprint density at radius 1 is 1.60 bits per heavy atom. The molecule has 1 N–H and O–H groups in total. The lowest BCUT2D eigenvalue weighted by molar-refractivity contribution is 0.843. The quantitative estimate of drug-likeness (QED) is 0.526. The Balaban J connectivity index is 2.99. The topological polar surface area (TPSA) is 63.1 Å². The Morgan fingerprint density at radius 3 is 3.40 bits per heavy atom. The molecular weight excluding hydrogens is 132 g/mol. The van der Waals surface area contributed by atoms with Crippen molar-refractivity contribution in [1.82, 2.24) is 19.8 Å². The molecule has 0 aliphatic carbocycles. The Kier molecular flexibility index (Phi) is 0.858. The van der Waals surface area contributed by atoms with E-state index in [9.17, 15) is 4.79 Å². The van der Waals surface area contributed by atoms with Crippen molar-refractivity contribution < 1.29 is 0 Å². The molecular formula is C5H4N4O. The predicted molar refractivity (Wildman–Crippen MR) is 33.6 cm³/mol. The highest BCUT2D eigenvalue weighted by molar-refractivity contribution is 5.30. The Bertz CT molecular complexity index is 401. The third-order valence-corrected chi connectivity index (χ3v) is 1.19. The highest BCUT2D eigenvalue weighted by atomic mass is 16.1. The van der Waals surface area contributed by atoms with Gasteiger partial charge in [-0.25, -0.2) is 4.52 Å². The summed E-state index contributed by atoms with van der Waals surface area (Å²) in [4.78, 5) is 13.2. The van der Waals surface area contributed by atoms with Crippen molar-refractivity contribution in [3.05, 3.63) is 28.8 Å². The Hall–Kier alpha value is -1.65. The molecule has 10 heavy (non-hydrogen) atoms. The lowest BCUT2D eigenvalue weighted by Crippen LogP contribution is -2.05. The van der Waals surface area contributed by atoms with E-state index in [-0.39, 0.29) is 5.56 Å². The fourth-order valence-corrected chi connectivity index (χ4v) is 0.749. The van der Waals surface area contributed by atoms with Gasteiger partial charge in [-0.05, 0) is 0 Å². The SMILES string of the molecule is O=c1ccn2nncc2[nH]1. The van der Waals surface area contributed by atoms with E-state index in [0.29, 0.717) is 5.65 Å². The molecule has 2 aromatic heterocycles. The minimum atomic E-state index is -0.144. The lowest BCUT2D eigenvalue weighted by atomic mass is 10.6. The van der Waals surface area contributed by atoms with Crippen molar-refractivity contribution in [3.8, 4) is 0 Å². The maximum absolute atomic E-state index is 10.7. The summed E-state index contributed by atoms with van der Waals surface area (Å²) >= 11 is 0. The summed E-state index contributed by atoms with van der Waals surface area (Å²) in [7, 11) is 0. The van der Waals surface area contributed by atoms with E-state index in [4.69, 9.17) is 0 Å². The summed E-state index contributed by atoms with van der Waals surface area (Å²) in [5, 5.41) is 7.24. The summed E-state index contributed by atoms with van der Waals surface area (Å²) < 4.78 is 1.49. The Morgan fingerprint density at radius 2 is 2.50 bits per heavy atom. The predicted octanol–water partition coefficient (Wildman–Crippen LogP) is -0.582. The highest BCUT2D eigenvalue weighted by Crippen LogP contribution is 1.86. The van der Waals surface area contributed by atoms with Crippen LogP contribution >= 0.6 is 0 Å². The zero-order chi connectivity index (χ0) is 6.97. The first kappa shape index (κ1) is 5.16. The zero-order valence-electron chi connectivity index (χ0n) is 4.98. The molecule has 2 heterocycles. The fraction of sp³-hybridized carbons (Fsp3) is 0. The third-order valence-electron chi connectivity index (χ3n) is 1.19. The van der Waals surface area contributed by atoms with Crippen molar-refractivity contribution in [1.29, 1.82) is 0 Å². The van der Waals surface area contributed by atoms with Gasteiger partial charge < -0.3 is 4.98 Å². The van der Waals surface area contributed by atoms with Gasteiger partial charge in [0.2, 0.25) is 0 Å². The van der Waals surface area contributed by atoms with Gasteiger partial charge in [0.15, 0.2) is 5.65 Å². The van der Waals surface area contributed by atoms with Crippen molar-refractivity contribution >= 4 is 5.65 Å². The van der Waals surface area contributed by atoms with Crippen LogP contribution < -0.4 is 5.56 Å². The van der Waals surface area contributed by atoms with Gasteiger partial charge in [0.05, 0.1) is 6.20 Å². The maximum Gasteiger partial charge on any atom is 0.251 e. The molecule has 0 saturated heterocycles. The molecule has 0 bridgehead atoms. The number of rotatable bonds is 0. The summed E-state index contributed by atoms with van der Waals surface area (Å²) in [6, 6.07) is 1.39. The zero-order valence-corrected chi connectivity index (χ0v) is 4.98. The minimum Gasteiger partial charge on any atom is -0.306 e. The molecule has 5 nitrogen and oxygen atoms in total. The molecule has 0 unspecified atom stereocenters. The number of aromatic amines is 1. The smallest absolute Gasteiger partial charge is 0.251 e. The average Bonchev–Trinajstić information content (AvgIpc) is 2.33. The van der Waals surface area contributed by atoms with Crippen LogP contribution in [-0.4, -0.2) is 19.8 Å². The van der Waals surface area contributed by atoms with Crippen LogP contribution in [0, 0.1) is 0 Å². The molecule has 0 radical (unpaired) electrons. The number of aromatic nitrogens is 4. The van der Waals surface area contributed by atoms with Crippen molar-refractivity contribution in [2.45, 2.75) is 0 Å². The van der Waals surface area contributed by atoms with Gasteiger partial charge in [0.25, 0.3) is 5.56 Å². The molecule has 0 spiro atoms. The van der Waals surface area contributed by atoms with Gasteiger partial charge >= 0.3 is 0 Å². The van der Waals surface area contributed by atoms with Gasteiger partial charge in [0.1, 0.15) is 0 Å². The number of hydrogen-bond acceptors (Lipinski definition) is 3. The first-order chi connectivity index (χ1) is 4.86. The van der Waals surface area contributed by atoms with E-state index < -0.39 is 0 Å². The van der Waals surface area contributed by atoms with E-state index in [2.05, 4.69) is 15.3 Å². The molecule has 0 atom stereocenters. The van der Waals surface area contributed by atoms with Crippen LogP contribution in [0.25, 0.3) is 5.65 Å². The third kappa shape index (κ3) is 0.604. The van der Waals surface area contributed by atoms with Crippen molar-refractivity contribution in [2.24, 2.45) is 0 Å². The van der Waals surface area contributed by atoms with Crippen molar-refractivity contribution in [2.75, 3.05) is 0 Å². The van der Waals surface area contributed by atoms with E-state index in [1.54, 1.807) is 6.20 Å². The number of hydrogen-bond donors (Lipinski definition) is 1. The average molecular weight is 136 g/mol. The molecule has 0 fully saturated rings. The molecule has 0 saturated carbocycles. The van der Waals surface area contributed by atoms with Gasteiger partial charge in [-0.1, -0.05) is 5.21 Å². The summed E-state index contributed by atoms with van der Waals surface area (Å²) in [5.41, 5.74) is 0.460. The van der Waals surface area contributed by atoms with Crippen LogP contribution in [0.15, 0.2) is 23.3 Å². The molecule has 0 aliphatic heterocycles. The van der Waals surface area contributed by atoms with E-state index in [1.165, 1.54) is 16.8 Å². The standard InChI is InChI=1S/C5H4N4O/c10-5-1-2-9-4(7-5)3-6-8-9/h1-3H,(H,7,10).